The highest BCUT2D eigenvalue weighted by molar-refractivity contribution is 9.10. The van der Waals surface area contributed by atoms with Crippen molar-refractivity contribution in [1.82, 2.24) is 9.88 Å². The summed E-state index contributed by atoms with van der Waals surface area (Å²) in [6.45, 7) is 0.546. The molecule has 2 heterocycles. The minimum atomic E-state index is -1.45. The summed E-state index contributed by atoms with van der Waals surface area (Å²) >= 11 is 3.23. The third-order valence-corrected chi connectivity index (χ3v) is 3.94. The van der Waals surface area contributed by atoms with Crippen molar-refractivity contribution in [3.63, 3.8) is 0 Å². The number of rotatable bonds is 2. The van der Waals surface area contributed by atoms with Gasteiger partial charge in [0.05, 0.1) is 0 Å². The summed E-state index contributed by atoms with van der Waals surface area (Å²) < 4.78 is 5.92. The Kier molecular flexibility index (Phi) is 3.14. The number of likely N-dealkylation sites (tertiary alicyclic amines) is 1. The highest BCUT2D eigenvalue weighted by Crippen LogP contribution is 2.34. The molecule has 1 amide bonds. The van der Waals surface area contributed by atoms with E-state index in [1.165, 1.54) is 11.2 Å². The van der Waals surface area contributed by atoms with Gasteiger partial charge in [-0.2, -0.15) is 0 Å². The number of oxazole rings is 1. The van der Waals surface area contributed by atoms with E-state index in [1.807, 2.05) is 6.07 Å². The molecule has 5 nitrogen and oxygen atoms in total. The molecule has 0 radical (unpaired) electrons. The van der Waals surface area contributed by atoms with Crippen molar-refractivity contribution >= 4 is 21.8 Å². The molecule has 1 atom stereocenters. The van der Waals surface area contributed by atoms with Crippen LogP contribution in [0.15, 0.2) is 39.5 Å². The first-order valence-corrected chi connectivity index (χ1v) is 7.00. The number of likely N-dealkylation sites (N-methyl/N-ethyl adjacent to an activating group) is 1. The number of benzene rings is 1. The second kappa shape index (κ2) is 4.71. The van der Waals surface area contributed by atoms with Crippen molar-refractivity contribution in [2.45, 2.75) is 12.0 Å². The molecule has 1 aliphatic rings. The van der Waals surface area contributed by atoms with E-state index >= 15 is 0 Å². The number of aromatic nitrogens is 1. The standard InChI is InChI=1S/C14H13BrN2O3/c1-17-6-5-14(19,13(17)18)10-4-2-3-9(7-10)12-16-11(15)8-20-12/h2-4,7-8,19H,5-6H2,1H3/t14-/m1/s1. The summed E-state index contributed by atoms with van der Waals surface area (Å²) in [5, 5.41) is 10.6. The summed E-state index contributed by atoms with van der Waals surface area (Å²) in [7, 11) is 1.69. The highest BCUT2D eigenvalue weighted by atomic mass is 79.9. The Labute approximate surface area is 124 Å². The number of hydrogen-bond acceptors (Lipinski definition) is 4. The van der Waals surface area contributed by atoms with Gasteiger partial charge in [-0.25, -0.2) is 4.98 Å². The molecule has 20 heavy (non-hydrogen) atoms. The zero-order valence-electron chi connectivity index (χ0n) is 10.8. The van der Waals surface area contributed by atoms with Crippen molar-refractivity contribution in [1.29, 1.82) is 0 Å². The van der Waals surface area contributed by atoms with Crippen LogP contribution in [0.1, 0.15) is 12.0 Å². The van der Waals surface area contributed by atoms with E-state index in [4.69, 9.17) is 4.42 Å². The van der Waals surface area contributed by atoms with Gasteiger partial charge in [-0.15, -0.1) is 0 Å². The van der Waals surface area contributed by atoms with E-state index in [-0.39, 0.29) is 5.91 Å². The number of halogens is 1. The first-order valence-electron chi connectivity index (χ1n) is 6.20. The third-order valence-electron chi connectivity index (χ3n) is 3.57. The minimum Gasteiger partial charge on any atom is -0.443 e. The number of aliphatic hydroxyl groups is 1. The lowest BCUT2D eigenvalue weighted by molar-refractivity contribution is -0.143. The predicted octanol–water partition coefficient (Wildman–Crippen LogP) is 2.15. The molecule has 3 rings (SSSR count). The summed E-state index contributed by atoms with van der Waals surface area (Å²) in [5.74, 6) is 0.171. The Balaban J connectivity index is 2.02. The van der Waals surface area contributed by atoms with Gasteiger partial charge in [0.25, 0.3) is 5.91 Å². The van der Waals surface area contributed by atoms with E-state index < -0.39 is 5.60 Å². The maximum Gasteiger partial charge on any atom is 0.258 e. The van der Waals surface area contributed by atoms with E-state index in [2.05, 4.69) is 20.9 Å². The Morgan fingerprint density at radius 3 is 2.90 bits per heavy atom. The van der Waals surface area contributed by atoms with Crippen LogP contribution in [-0.2, 0) is 10.4 Å². The normalized spacial score (nSPS) is 22.6. The number of carbonyl (C=O) groups excluding carboxylic acids is 1. The lowest BCUT2D eigenvalue weighted by Gasteiger charge is -2.21. The van der Waals surface area contributed by atoms with Crippen molar-refractivity contribution in [2.75, 3.05) is 13.6 Å². The summed E-state index contributed by atoms with van der Waals surface area (Å²) in [6.07, 6.45) is 1.88. The Bertz CT molecular complexity index is 670. The zero-order chi connectivity index (χ0) is 14.3. The van der Waals surface area contributed by atoms with Crippen LogP contribution in [0.2, 0.25) is 0 Å². The van der Waals surface area contributed by atoms with Crippen LogP contribution < -0.4 is 0 Å². The number of amides is 1. The van der Waals surface area contributed by atoms with Crippen LogP contribution in [0, 0.1) is 0 Å². The Morgan fingerprint density at radius 2 is 2.30 bits per heavy atom. The van der Waals surface area contributed by atoms with Gasteiger partial charge < -0.3 is 14.4 Å². The van der Waals surface area contributed by atoms with Gasteiger partial charge in [-0.3, -0.25) is 4.79 Å². The topological polar surface area (TPSA) is 66.6 Å². The zero-order valence-corrected chi connectivity index (χ0v) is 12.4. The second-order valence-electron chi connectivity index (χ2n) is 4.89. The van der Waals surface area contributed by atoms with E-state index in [9.17, 15) is 9.90 Å². The number of nitrogens with zero attached hydrogens (tertiary/aromatic N) is 2. The lowest BCUT2D eigenvalue weighted by Crippen LogP contribution is -2.36. The molecule has 2 aromatic rings. The molecule has 6 heteroatoms. The molecule has 1 N–H and O–H groups in total. The van der Waals surface area contributed by atoms with E-state index in [0.29, 0.717) is 29.0 Å². The molecule has 1 aliphatic heterocycles. The largest absolute Gasteiger partial charge is 0.443 e. The lowest BCUT2D eigenvalue weighted by atomic mass is 9.91. The van der Waals surface area contributed by atoms with Crippen molar-refractivity contribution < 1.29 is 14.3 Å². The molecule has 1 aromatic heterocycles. The molecule has 1 saturated heterocycles. The van der Waals surface area contributed by atoms with Crippen molar-refractivity contribution in [3.05, 3.63) is 40.7 Å². The van der Waals surface area contributed by atoms with Crippen LogP contribution in [0.25, 0.3) is 11.5 Å². The van der Waals surface area contributed by atoms with Gasteiger partial charge in [0.1, 0.15) is 10.9 Å². The average Bonchev–Trinajstić information content (AvgIpc) is 3.00. The van der Waals surface area contributed by atoms with Crippen LogP contribution in [0.3, 0.4) is 0 Å². The van der Waals surface area contributed by atoms with Gasteiger partial charge in [-0.05, 0) is 33.6 Å². The van der Waals surface area contributed by atoms with Crippen LogP contribution in [0.4, 0.5) is 0 Å². The second-order valence-corrected chi connectivity index (χ2v) is 5.71. The molecular weight excluding hydrogens is 324 g/mol. The molecule has 0 spiro atoms. The van der Waals surface area contributed by atoms with Crippen molar-refractivity contribution in [2.24, 2.45) is 0 Å². The predicted molar refractivity (Wildman–Crippen MR) is 75.8 cm³/mol. The smallest absolute Gasteiger partial charge is 0.258 e. The molecule has 0 bridgehead atoms. The average molecular weight is 337 g/mol. The molecule has 0 saturated carbocycles. The fraction of sp³-hybridized carbons (Fsp3) is 0.286. The summed E-state index contributed by atoms with van der Waals surface area (Å²) in [4.78, 5) is 17.8. The number of carbonyl (C=O) groups is 1. The first kappa shape index (κ1) is 13.3. The van der Waals surface area contributed by atoms with Gasteiger partial charge in [0.2, 0.25) is 5.89 Å². The fourth-order valence-electron chi connectivity index (χ4n) is 2.42. The Morgan fingerprint density at radius 1 is 1.50 bits per heavy atom. The van der Waals surface area contributed by atoms with Gasteiger partial charge in [0, 0.05) is 25.6 Å². The third kappa shape index (κ3) is 2.05. The highest BCUT2D eigenvalue weighted by Gasteiger charge is 2.45. The van der Waals surface area contributed by atoms with E-state index in [1.54, 1.807) is 25.2 Å². The van der Waals surface area contributed by atoms with Crippen LogP contribution in [-0.4, -0.2) is 34.5 Å². The van der Waals surface area contributed by atoms with Crippen LogP contribution in [0.5, 0.6) is 0 Å². The quantitative estimate of drug-likeness (QED) is 0.912. The van der Waals surface area contributed by atoms with E-state index in [0.717, 1.165) is 5.56 Å². The van der Waals surface area contributed by atoms with Gasteiger partial charge in [0.15, 0.2) is 5.60 Å². The maximum atomic E-state index is 12.1. The van der Waals surface area contributed by atoms with Crippen molar-refractivity contribution in [3.8, 4) is 11.5 Å². The molecule has 1 fully saturated rings. The van der Waals surface area contributed by atoms with Gasteiger partial charge >= 0.3 is 0 Å². The van der Waals surface area contributed by atoms with Gasteiger partial charge in [-0.1, -0.05) is 12.1 Å². The molecular formula is C14H13BrN2O3. The van der Waals surface area contributed by atoms with Crippen LogP contribution >= 0.6 is 15.9 Å². The molecule has 104 valence electrons. The minimum absolute atomic E-state index is 0.275. The fourth-order valence-corrected chi connectivity index (χ4v) is 2.67. The SMILES string of the molecule is CN1CC[C@@](O)(c2cccc(-c3nc(Br)co3)c2)C1=O. The Hall–Kier alpha value is -1.66. The maximum absolute atomic E-state index is 12.1. The summed E-state index contributed by atoms with van der Waals surface area (Å²) in [5.41, 5.74) is -0.156. The monoisotopic (exact) mass is 336 g/mol. The first-order chi connectivity index (χ1) is 9.50. The molecule has 0 aliphatic carbocycles. The molecule has 1 aromatic carbocycles. The summed E-state index contributed by atoms with van der Waals surface area (Å²) in [6, 6.07) is 7.11. The molecule has 0 unspecified atom stereocenters. The number of hydrogen-bond donors (Lipinski definition) is 1.